The molecular formula is C20H17N5O. The molecule has 128 valence electrons. The number of aliphatic hydroxyl groups excluding tert-OH is 1. The molecule has 2 aliphatic rings. The third-order valence-corrected chi connectivity index (χ3v) is 4.81. The smallest absolute Gasteiger partial charge is 0.138 e. The molecule has 1 aromatic heterocycles. The SMILES string of the molecule is Cc1cccc2c1N=C(/C=C(\O)c1ccc3[nH]cnc3c1)N1CCN=C21. The summed E-state index contributed by atoms with van der Waals surface area (Å²) in [6, 6.07) is 11.8. The summed E-state index contributed by atoms with van der Waals surface area (Å²) in [4.78, 5) is 18.8. The summed E-state index contributed by atoms with van der Waals surface area (Å²) in [5.41, 5.74) is 5.54. The van der Waals surface area contributed by atoms with Crippen LogP contribution in [0.3, 0.4) is 0 Å². The number of para-hydroxylation sites is 1. The van der Waals surface area contributed by atoms with Crippen LogP contribution in [0, 0.1) is 6.92 Å². The molecule has 3 heterocycles. The number of benzene rings is 2. The van der Waals surface area contributed by atoms with Gasteiger partial charge in [-0.1, -0.05) is 12.1 Å². The fourth-order valence-electron chi connectivity index (χ4n) is 3.47. The number of fused-ring (bicyclic) bond motifs is 4. The lowest BCUT2D eigenvalue weighted by atomic mass is 10.0. The number of nitrogens with one attached hydrogen (secondary N) is 1. The first-order valence-electron chi connectivity index (χ1n) is 8.55. The fourth-order valence-corrected chi connectivity index (χ4v) is 3.47. The van der Waals surface area contributed by atoms with Crippen molar-refractivity contribution in [1.29, 1.82) is 0 Å². The first-order valence-corrected chi connectivity index (χ1v) is 8.55. The fraction of sp³-hybridized carbons (Fsp3) is 0.150. The summed E-state index contributed by atoms with van der Waals surface area (Å²) in [6.45, 7) is 3.54. The van der Waals surface area contributed by atoms with E-state index >= 15 is 0 Å². The normalized spacial score (nSPS) is 16.3. The van der Waals surface area contributed by atoms with Gasteiger partial charge in [0.05, 0.1) is 29.6 Å². The topological polar surface area (TPSA) is 76.9 Å². The second-order valence-electron chi connectivity index (χ2n) is 6.46. The standard InChI is InChI=1S/C20H17N5O/c1-12-3-2-4-14-19(12)24-18(25-8-7-21-20(14)25)10-17(26)13-5-6-15-16(9-13)23-11-22-15/h2-6,9-11,26H,7-8H2,1H3,(H,22,23)/b17-10-. The molecule has 6 nitrogen and oxygen atoms in total. The number of aliphatic imine (C=N–C) groups is 2. The molecule has 0 radical (unpaired) electrons. The highest BCUT2D eigenvalue weighted by atomic mass is 16.3. The molecule has 0 aliphatic carbocycles. The van der Waals surface area contributed by atoms with Crippen LogP contribution in [0.15, 0.2) is 58.8 Å². The summed E-state index contributed by atoms with van der Waals surface area (Å²) >= 11 is 0. The lowest BCUT2D eigenvalue weighted by Gasteiger charge is -2.26. The van der Waals surface area contributed by atoms with Crippen LogP contribution in [0.2, 0.25) is 0 Å². The first-order chi connectivity index (χ1) is 12.7. The Balaban J connectivity index is 1.61. The molecule has 0 saturated heterocycles. The summed E-state index contributed by atoms with van der Waals surface area (Å²) in [6.07, 6.45) is 3.36. The number of amidine groups is 2. The highest BCUT2D eigenvalue weighted by Crippen LogP contribution is 2.32. The minimum Gasteiger partial charge on any atom is -0.507 e. The Morgan fingerprint density at radius 2 is 2.19 bits per heavy atom. The maximum absolute atomic E-state index is 10.7. The Labute approximate surface area is 150 Å². The summed E-state index contributed by atoms with van der Waals surface area (Å²) in [7, 11) is 0. The van der Waals surface area contributed by atoms with Crippen LogP contribution in [-0.2, 0) is 0 Å². The van der Waals surface area contributed by atoms with Gasteiger partial charge in [0.2, 0.25) is 0 Å². The van der Waals surface area contributed by atoms with E-state index in [-0.39, 0.29) is 5.76 Å². The number of aliphatic hydroxyl groups is 1. The molecule has 0 unspecified atom stereocenters. The van der Waals surface area contributed by atoms with E-state index in [9.17, 15) is 5.11 Å². The van der Waals surface area contributed by atoms with Crippen LogP contribution < -0.4 is 0 Å². The van der Waals surface area contributed by atoms with Crippen molar-refractivity contribution in [2.75, 3.05) is 13.1 Å². The van der Waals surface area contributed by atoms with E-state index in [1.165, 1.54) is 0 Å². The van der Waals surface area contributed by atoms with E-state index in [1.54, 1.807) is 12.4 Å². The van der Waals surface area contributed by atoms with E-state index in [4.69, 9.17) is 4.99 Å². The molecule has 2 aromatic carbocycles. The summed E-state index contributed by atoms with van der Waals surface area (Å²) < 4.78 is 0. The molecule has 6 heteroatoms. The number of nitrogens with zero attached hydrogens (tertiary/aromatic N) is 4. The Hall–Kier alpha value is -3.41. The van der Waals surface area contributed by atoms with Gasteiger partial charge in [-0.2, -0.15) is 0 Å². The molecule has 3 aromatic rings. The predicted octanol–water partition coefficient (Wildman–Crippen LogP) is 3.58. The van der Waals surface area contributed by atoms with Gasteiger partial charge in [-0.25, -0.2) is 9.98 Å². The van der Waals surface area contributed by atoms with Gasteiger partial charge in [-0.15, -0.1) is 0 Å². The summed E-state index contributed by atoms with van der Waals surface area (Å²) in [5.74, 6) is 1.81. The van der Waals surface area contributed by atoms with Crippen molar-refractivity contribution in [3.05, 3.63) is 65.5 Å². The maximum Gasteiger partial charge on any atom is 0.138 e. The van der Waals surface area contributed by atoms with Gasteiger partial charge in [-0.3, -0.25) is 4.99 Å². The largest absolute Gasteiger partial charge is 0.507 e. The molecule has 5 rings (SSSR count). The van der Waals surface area contributed by atoms with Gasteiger partial charge in [0, 0.05) is 23.7 Å². The molecule has 0 amide bonds. The van der Waals surface area contributed by atoms with Crippen molar-refractivity contribution in [1.82, 2.24) is 14.9 Å². The van der Waals surface area contributed by atoms with Gasteiger partial charge in [0.25, 0.3) is 0 Å². The Morgan fingerprint density at radius 1 is 1.27 bits per heavy atom. The molecule has 26 heavy (non-hydrogen) atoms. The number of aromatic amines is 1. The first kappa shape index (κ1) is 14.9. The number of rotatable bonds is 2. The number of hydrogen-bond donors (Lipinski definition) is 2. The van der Waals surface area contributed by atoms with E-state index in [0.29, 0.717) is 11.4 Å². The lowest BCUT2D eigenvalue weighted by Crippen LogP contribution is -2.36. The minimum atomic E-state index is 0.164. The van der Waals surface area contributed by atoms with Gasteiger partial charge in [-0.05, 0) is 36.8 Å². The second-order valence-corrected chi connectivity index (χ2v) is 6.46. The van der Waals surface area contributed by atoms with E-state index in [1.807, 2.05) is 37.3 Å². The van der Waals surface area contributed by atoms with Crippen molar-refractivity contribution >= 4 is 34.2 Å². The van der Waals surface area contributed by atoms with Crippen LogP contribution in [0.4, 0.5) is 5.69 Å². The van der Waals surface area contributed by atoms with Crippen LogP contribution in [0.5, 0.6) is 0 Å². The van der Waals surface area contributed by atoms with Crippen molar-refractivity contribution in [2.45, 2.75) is 6.92 Å². The molecule has 0 spiro atoms. The molecule has 0 bridgehead atoms. The molecule has 0 fully saturated rings. The quantitative estimate of drug-likeness (QED) is 0.698. The Kier molecular flexibility index (Phi) is 3.18. The zero-order chi connectivity index (χ0) is 17.7. The zero-order valence-corrected chi connectivity index (χ0v) is 14.3. The van der Waals surface area contributed by atoms with Crippen molar-refractivity contribution in [3.63, 3.8) is 0 Å². The van der Waals surface area contributed by atoms with Gasteiger partial charge in [0.1, 0.15) is 17.4 Å². The van der Waals surface area contributed by atoms with Crippen LogP contribution in [0.25, 0.3) is 16.8 Å². The zero-order valence-electron chi connectivity index (χ0n) is 14.3. The second kappa shape index (κ2) is 5.56. The van der Waals surface area contributed by atoms with E-state index in [0.717, 1.165) is 46.8 Å². The molecular weight excluding hydrogens is 326 g/mol. The van der Waals surface area contributed by atoms with Crippen LogP contribution >= 0.6 is 0 Å². The van der Waals surface area contributed by atoms with Crippen LogP contribution in [-0.4, -0.2) is 44.7 Å². The number of imidazole rings is 1. The number of H-pyrrole nitrogens is 1. The van der Waals surface area contributed by atoms with Crippen molar-refractivity contribution in [3.8, 4) is 0 Å². The number of aromatic nitrogens is 2. The Bertz CT molecular complexity index is 1120. The van der Waals surface area contributed by atoms with E-state index in [2.05, 4.69) is 25.9 Å². The molecule has 0 atom stereocenters. The summed E-state index contributed by atoms with van der Waals surface area (Å²) in [5, 5.41) is 10.7. The van der Waals surface area contributed by atoms with Gasteiger partial charge < -0.3 is 15.0 Å². The third kappa shape index (κ3) is 2.23. The average Bonchev–Trinajstić information content (AvgIpc) is 3.31. The van der Waals surface area contributed by atoms with Crippen molar-refractivity contribution in [2.24, 2.45) is 9.98 Å². The predicted molar refractivity (Wildman–Crippen MR) is 103 cm³/mol. The third-order valence-electron chi connectivity index (χ3n) is 4.81. The maximum atomic E-state index is 10.7. The molecule has 2 N–H and O–H groups in total. The monoisotopic (exact) mass is 343 g/mol. The number of hydrogen-bond acceptors (Lipinski definition) is 5. The van der Waals surface area contributed by atoms with Crippen LogP contribution in [0.1, 0.15) is 16.7 Å². The molecule has 2 aliphatic heterocycles. The van der Waals surface area contributed by atoms with Gasteiger partial charge >= 0.3 is 0 Å². The van der Waals surface area contributed by atoms with Gasteiger partial charge in [0.15, 0.2) is 0 Å². The van der Waals surface area contributed by atoms with Crippen molar-refractivity contribution < 1.29 is 5.11 Å². The molecule has 0 saturated carbocycles. The Morgan fingerprint density at radius 3 is 3.12 bits per heavy atom. The minimum absolute atomic E-state index is 0.164. The van der Waals surface area contributed by atoms with E-state index < -0.39 is 0 Å². The lowest BCUT2D eigenvalue weighted by molar-refractivity contribution is 0.511. The highest BCUT2D eigenvalue weighted by Gasteiger charge is 2.29. The average molecular weight is 343 g/mol. The highest BCUT2D eigenvalue weighted by molar-refractivity contribution is 6.20. The number of aryl methyl sites for hydroxylation is 1.